The van der Waals surface area contributed by atoms with Gasteiger partial charge in [0.25, 0.3) is 5.56 Å². The summed E-state index contributed by atoms with van der Waals surface area (Å²) in [5.41, 5.74) is 3.36. The van der Waals surface area contributed by atoms with Crippen molar-refractivity contribution < 1.29 is 0 Å². The van der Waals surface area contributed by atoms with E-state index in [-0.39, 0.29) is 5.56 Å². The molecular weight excluding hydrogens is 364 g/mol. The standard InChI is InChI=1S/C22H26N6O/c1-27-11-13-28(14-12-27)16-18-7-9-19(10-8-18)23-22-24-21(29)20(25-26-22)15-17-5-3-2-4-6-17/h2-10H,11-16H2,1H3,(H2,23,24,26,29). The summed E-state index contributed by atoms with van der Waals surface area (Å²) in [5.74, 6) is 0.346. The van der Waals surface area contributed by atoms with Gasteiger partial charge in [-0.2, -0.15) is 0 Å². The second-order valence-corrected chi connectivity index (χ2v) is 7.51. The first-order valence-electron chi connectivity index (χ1n) is 9.92. The number of benzene rings is 2. The summed E-state index contributed by atoms with van der Waals surface area (Å²) in [7, 11) is 2.17. The van der Waals surface area contributed by atoms with Crippen molar-refractivity contribution in [1.82, 2.24) is 25.0 Å². The van der Waals surface area contributed by atoms with Gasteiger partial charge < -0.3 is 10.2 Å². The molecule has 1 aliphatic rings. The molecule has 4 rings (SSSR count). The number of rotatable bonds is 6. The second kappa shape index (κ2) is 8.98. The van der Waals surface area contributed by atoms with Crippen molar-refractivity contribution in [3.8, 4) is 0 Å². The van der Waals surface area contributed by atoms with E-state index in [0.717, 1.165) is 44.0 Å². The highest BCUT2D eigenvalue weighted by Gasteiger charge is 2.13. The molecule has 0 saturated carbocycles. The van der Waals surface area contributed by atoms with Crippen molar-refractivity contribution in [2.75, 3.05) is 38.5 Å². The lowest BCUT2D eigenvalue weighted by atomic mass is 10.1. The lowest BCUT2D eigenvalue weighted by Gasteiger charge is -2.32. The van der Waals surface area contributed by atoms with E-state index in [2.05, 4.69) is 49.5 Å². The zero-order valence-corrected chi connectivity index (χ0v) is 16.6. The average molecular weight is 390 g/mol. The fraction of sp³-hybridized carbons (Fsp3) is 0.318. The molecule has 1 saturated heterocycles. The Balaban J connectivity index is 1.36. The fourth-order valence-corrected chi connectivity index (χ4v) is 3.42. The van der Waals surface area contributed by atoms with Crippen LogP contribution < -0.4 is 10.9 Å². The quantitative estimate of drug-likeness (QED) is 0.672. The molecule has 0 atom stereocenters. The molecule has 0 bridgehead atoms. The summed E-state index contributed by atoms with van der Waals surface area (Å²) >= 11 is 0. The van der Waals surface area contributed by atoms with E-state index in [1.165, 1.54) is 5.56 Å². The van der Waals surface area contributed by atoms with Crippen molar-refractivity contribution in [3.05, 3.63) is 81.8 Å². The van der Waals surface area contributed by atoms with Crippen molar-refractivity contribution in [2.24, 2.45) is 0 Å². The molecule has 29 heavy (non-hydrogen) atoms. The van der Waals surface area contributed by atoms with Crippen LogP contribution in [0.1, 0.15) is 16.8 Å². The number of anilines is 2. The minimum absolute atomic E-state index is 0.224. The monoisotopic (exact) mass is 390 g/mol. The number of piperazine rings is 1. The van der Waals surface area contributed by atoms with E-state index < -0.39 is 0 Å². The number of aromatic nitrogens is 3. The molecule has 7 heteroatoms. The summed E-state index contributed by atoms with van der Waals surface area (Å²) in [6, 6.07) is 18.0. The van der Waals surface area contributed by atoms with Crippen LogP contribution in [0.2, 0.25) is 0 Å². The van der Waals surface area contributed by atoms with E-state index in [4.69, 9.17) is 0 Å². The van der Waals surface area contributed by atoms with Crippen LogP contribution >= 0.6 is 0 Å². The van der Waals surface area contributed by atoms with Crippen molar-refractivity contribution in [3.63, 3.8) is 0 Å². The molecule has 2 heterocycles. The fourth-order valence-electron chi connectivity index (χ4n) is 3.42. The second-order valence-electron chi connectivity index (χ2n) is 7.51. The Morgan fingerprint density at radius 2 is 1.66 bits per heavy atom. The number of H-pyrrole nitrogens is 1. The SMILES string of the molecule is CN1CCN(Cc2ccc(Nc3nnc(Cc4ccccc4)c(=O)[nH]3)cc2)CC1. The lowest BCUT2D eigenvalue weighted by Crippen LogP contribution is -2.43. The zero-order chi connectivity index (χ0) is 20.1. The zero-order valence-electron chi connectivity index (χ0n) is 16.6. The maximum Gasteiger partial charge on any atom is 0.274 e. The third kappa shape index (κ3) is 5.28. The van der Waals surface area contributed by atoms with Gasteiger partial charge >= 0.3 is 0 Å². The molecule has 0 amide bonds. The first-order valence-corrected chi connectivity index (χ1v) is 9.92. The minimum Gasteiger partial charge on any atom is -0.324 e. The molecule has 150 valence electrons. The van der Waals surface area contributed by atoms with Gasteiger partial charge in [-0.25, -0.2) is 0 Å². The predicted molar refractivity (Wildman–Crippen MR) is 114 cm³/mol. The number of hydrogen-bond acceptors (Lipinski definition) is 6. The normalized spacial score (nSPS) is 15.3. The van der Waals surface area contributed by atoms with Gasteiger partial charge in [-0.05, 0) is 30.3 Å². The van der Waals surface area contributed by atoms with Gasteiger partial charge in [0, 0.05) is 44.8 Å². The number of nitrogens with zero attached hydrogens (tertiary/aromatic N) is 4. The van der Waals surface area contributed by atoms with E-state index in [0.29, 0.717) is 18.1 Å². The van der Waals surface area contributed by atoms with Crippen molar-refractivity contribution >= 4 is 11.6 Å². The summed E-state index contributed by atoms with van der Waals surface area (Å²) in [6.07, 6.45) is 0.463. The highest BCUT2D eigenvalue weighted by molar-refractivity contribution is 5.53. The molecular formula is C22H26N6O. The molecule has 0 unspecified atom stereocenters. The third-order valence-electron chi connectivity index (χ3n) is 5.20. The molecule has 1 aromatic heterocycles. The van der Waals surface area contributed by atoms with Crippen molar-refractivity contribution in [2.45, 2.75) is 13.0 Å². The number of aromatic amines is 1. The Hall–Kier alpha value is -3.03. The Morgan fingerprint density at radius 1 is 0.931 bits per heavy atom. The lowest BCUT2D eigenvalue weighted by molar-refractivity contribution is 0.148. The van der Waals surface area contributed by atoms with Crippen molar-refractivity contribution in [1.29, 1.82) is 0 Å². The number of hydrogen-bond donors (Lipinski definition) is 2. The van der Waals surface area contributed by atoms with Crippen LogP contribution in [-0.4, -0.2) is 58.2 Å². The van der Waals surface area contributed by atoms with E-state index >= 15 is 0 Å². The van der Waals surface area contributed by atoms with Gasteiger partial charge in [-0.15, -0.1) is 10.2 Å². The predicted octanol–water partition coefficient (Wildman–Crippen LogP) is 2.25. The van der Waals surface area contributed by atoms with Gasteiger partial charge in [-0.3, -0.25) is 14.7 Å². The van der Waals surface area contributed by atoms with Crippen LogP contribution in [0.5, 0.6) is 0 Å². The Kier molecular flexibility index (Phi) is 5.97. The highest BCUT2D eigenvalue weighted by atomic mass is 16.1. The van der Waals surface area contributed by atoms with Gasteiger partial charge in [-0.1, -0.05) is 42.5 Å². The molecule has 3 aromatic rings. The maximum atomic E-state index is 12.3. The van der Waals surface area contributed by atoms with Gasteiger partial charge in [0.1, 0.15) is 5.69 Å². The van der Waals surface area contributed by atoms with Gasteiger partial charge in [0.2, 0.25) is 5.95 Å². The Labute approximate surface area is 170 Å². The first-order chi connectivity index (χ1) is 14.2. The van der Waals surface area contributed by atoms with Gasteiger partial charge in [0.05, 0.1) is 0 Å². The van der Waals surface area contributed by atoms with E-state index in [1.807, 2.05) is 42.5 Å². The Morgan fingerprint density at radius 3 is 2.34 bits per heavy atom. The molecule has 0 aliphatic carbocycles. The number of nitrogens with one attached hydrogen (secondary N) is 2. The van der Waals surface area contributed by atoms with Crippen LogP contribution in [-0.2, 0) is 13.0 Å². The molecule has 1 fully saturated rings. The largest absolute Gasteiger partial charge is 0.324 e. The molecule has 0 radical (unpaired) electrons. The molecule has 2 aromatic carbocycles. The summed E-state index contributed by atoms with van der Waals surface area (Å²) in [5, 5.41) is 11.4. The minimum atomic E-state index is -0.224. The van der Waals surface area contributed by atoms with E-state index in [9.17, 15) is 4.79 Å². The molecule has 1 aliphatic heterocycles. The van der Waals surface area contributed by atoms with Crippen LogP contribution in [0.15, 0.2) is 59.4 Å². The third-order valence-corrected chi connectivity index (χ3v) is 5.20. The highest BCUT2D eigenvalue weighted by Crippen LogP contribution is 2.15. The first kappa shape index (κ1) is 19.3. The van der Waals surface area contributed by atoms with Crippen LogP contribution in [0.3, 0.4) is 0 Å². The summed E-state index contributed by atoms with van der Waals surface area (Å²) in [6.45, 7) is 5.39. The van der Waals surface area contributed by atoms with E-state index in [1.54, 1.807) is 0 Å². The number of likely N-dealkylation sites (N-methyl/N-ethyl adjacent to an activating group) is 1. The van der Waals surface area contributed by atoms with Crippen LogP contribution in [0, 0.1) is 0 Å². The Bertz CT molecular complexity index is 978. The summed E-state index contributed by atoms with van der Waals surface area (Å²) < 4.78 is 0. The average Bonchev–Trinajstić information content (AvgIpc) is 2.74. The topological polar surface area (TPSA) is 77.2 Å². The van der Waals surface area contributed by atoms with Crippen LogP contribution in [0.25, 0.3) is 0 Å². The maximum absolute atomic E-state index is 12.3. The van der Waals surface area contributed by atoms with Crippen LogP contribution in [0.4, 0.5) is 11.6 Å². The molecule has 2 N–H and O–H groups in total. The molecule has 7 nitrogen and oxygen atoms in total. The molecule has 0 spiro atoms. The summed E-state index contributed by atoms with van der Waals surface area (Å²) in [4.78, 5) is 19.9. The van der Waals surface area contributed by atoms with Gasteiger partial charge in [0.15, 0.2) is 0 Å². The smallest absolute Gasteiger partial charge is 0.274 e.